The van der Waals surface area contributed by atoms with Gasteiger partial charge in [0.1, 0.15) is 0 Å². The van der Waals surface area contributed by atoms with Crippen LogP contribution in [0.4, 0.5) is 0 Å². The molecule has 1 atom stereocenters. The largest absolute Gasteiger partial charge is 0.382 e. The molecule has 1 aromatic rings. The van der Waals surface area contributed by atoms with Gasteiger partial charge in [0.05, 0.1) is 33.0 Å². The summed E-state index contributed by atoms with van der Waals surface area (Å²) in [4.78, 5) is 0. The molecule has 0 saturated carbocycles. The molecule has 5 nitrogen and oxygen atoms in total. The van der Waals surface area contributed by atoms with Gasteiger partial charge in [0.25, 0.3) is 0 Å². The fourth-order valence-electron chi connectivity index (χ4n) is 1.81. The Kier molecular flexibility index (Phi) is 8.49. The van der Waals surface area contributed by atoms with Gasteiger partial charge in [-0.3, -0.25) is 0 Å². The molecule has 0 bridgehead atoms. The maximum Gasteiger partial charge on any atom is 0.0701 e. The van der Waals surface area contributed by atoms with Crippen molar-refractivity contribution >= 4 is 0 Å². The molecule has 0 aliphatic heterocycles. The average molecular weight is 270 g/mol. The van der Waals surface area contributed by atoms with E-state index in [1.807, 2.05) is 13.0 Å². The maximum absolute atomic E-state index is 5.82. The molecule has 110 valence electrons. The molecule has 0 spiro atoms. The Labute approximate surface area is 115 Å². The van der Waals surface area contributed by atoms with Crippen molar-refractivity contribution in [2.24, 2.45) is 5.73 Å². The number of rotatable bonds is 11. The maximum atomic E-state index is 5.82. The predicted octanol–water partition coefficient (Wildman–Crippen LogP) is 1.06. The Balaban J connectivity index is 2.07. The predicted molar refractivity (Wildman–Crippen MR) is 75.3 cm³/mol. The number of hydrogen-bond donors (Lipinski definition) is 1. The highest BCUT2D eigenvalue weighted by molar-refractivity contribution is 5.08. The first-order valence-electron chi connectivity index (χ1n) is 6.78. The van der Waals surface area contributed by atoms with Gasteiger partial charge in [-0.1, -0.05) is 0 Å². The van der Waals surface area contributed by atoms with Gasteiger partial charge < -0.3 is 24.5 Å². The summed E-state index contributed by atoms with van der Waals surface area (Å²) >= 11 is 0. The van der Waals surface area contributed by atoms with E-state index >= 15 is 0 Å². The fourth-order valence-corrected chi connectivity index (χ4v) is 1.81. The molecule has 0 fully saturated rings. The van der Waals surface area contributed by atoms with E-state index in [0.717, 1.165) is 13.0 Å². The Morgan fingerprint density at radius 3 is 2.53 bits per heavy atom. The summed E-state index contributed by atoms with van der Waals surface area (Å²) in [5.74, 6) is 0. The SMILES string of the molecule is COCCOCCOCCn1cccc1CC(C)N. The third kappa shape index (κ3) is 7.32. The van der Waals surface area contributed by atoms with E-state index in [9.17, 15) is 0 Å². The first-order valence-corrected chi connectivity index (χ1v) is 6.78. The van der Waals surface area contributed by atoms with E-state index in [2.05, 4.69) is 16.8 Å². The van der Waals surface area contributed by atoms with Crippen molar-refractivity contribution in [3.05, 3.63) is 24.0 Å². The summed E-state index contributed by atoms with van der Waals surface area (Å²) in [5, 5.41) is 0. The van der Waals surface area contributed by atoms with E-state index in [4.69, 9.17) is 19.9 Å². The van der Waals surface area contributed by atoms with Gasteiger partial charge in [0.15, 0.2) is 0 Å². The standard InChI is InChI=1S/C14H26N2O3/c1-13(15)12-14-4-3-5-16(14)6-7-18-10-11-19-9-8-17-2/h3-5,13H,6-12,15H2,1-2H3. The number of ether oxygens (including phenoxy) is 3. The molecule has 1 rings (SSSR count). The van der Waals surface area contributed by atoms with Crippen LogP contribution in [0.5, 0.6) is 0 Å². The number of nitrogens with two attached hydrogens (primary N) is 1. The Morgan fingerprint density at radius 2 is 1.84 bits per heavy atom. The van der Waals surface area contributed by atoms with Gasteiger partial charge in [0, 0.05) is 38.0 Å². The van der Waals surface area contributed by atoms with Gasteiger partial charge >= 0.3 is 0 Å². The molecule has 1 heterocycles. The minimum atomic E-state index is 0.184. The lowest BCUT2D eigenvalue weighted by atomic mass is 10.2. The van der Waals surface area contributed by atoms with Crippen molar-refractivity contribution in [1.29, 1.82) is 0 Å². The van der Waals surface area contributed by atoms with E-state index in [1.54, 1.807) is 7.11 Å². The van der Waals surface area contributed by atoms with Gasteiger partial charge in [-0.2, -0.15) is 0 Å². The first kappa shape index (κ1) is 16.2. The van der Waals surface area contributed by atoms with Crippen LogP contribution in [0.25, 0.3) is 0 Å². The summed E-state index contributed by atoms with van der Waals surface area (Å²) in [6, 6.07) is 4.34. The Bertz CT molecular complexity index is 326. The second-order valence-corrected chi connectivity index (χ2v) is 4.59. The van der Waals surface area contributed by atoms with Gasteiger partial charge in [-0.15, -0.1) is 0 Å². The summed E-state index contributed by atoms with van der Waals surface area (Å²) < 4.78 is 17.9. The fraction of sp³-hybridized carbons (Fsp3) is 0.714. The lowest BCUT2D eigenvalue weighted by molar-refractivity contribution is 0.0229. The zero-order chi connectivity index (χ0) is 13.9. The summed E-state index contributed by atoms with van der Waals surface area (Å²) in [6.07, 6.45) is 2.96. The number of hydrogen-bond acceptors (Lipinski definition) is 4. The molecule has 0 amide bonds. The quantitative estimate of drug-likeness (QED) is 0.611. The minimum absolute atomic E-state index is 0.184. The van der Waals surface area contributed by atoms with Crippen LogP contribution in [-0.4, -0.2) is 50.8 Å². The molecule has 0 aliphatic rings. The molecule has 19 heavy (non-hydrogen) atoms. The summed E-state index contributed by atoms with van der Waals surface area (Å²) in [5.41, 5.74) is 7.07. The van der Waals surface area contributed by atoms with Crippen LogP contribution in [0, 0.1) is 0 Å². The smallest absolute Gasteiger partial charge is 0.0701 e. The molecule has 1 aromatic heterocycles. The van der Waals surface area contributed by atoms with Crippen LogP contribution in [0.15, 0.2) is 18.3 Å². The second-order valence-electron chi connectivity index (χ2n) is 4.59. The average Bonchev–Trinajstić information content (AvgIpc) is 2.79. The lowest BCUT2D eigenvalue weighted by Crippen LogP contribution is -2.20. The van der Waals surface area contributed by atoms with Crippen molar-refractivity contribution in [1.82, 2.24) is 4.57 Å². The van der Waals surface area contributed by atoms with Crippen LogP contribution in [-0.2, 0) is 27.2 Å². The molecule has 0 radical (unpaired) electrons. The highest BCUT2D eigenvalue weighted by atomic mass is 16.5. The topological polar surface area (TPSA) is 58.6 Å². The molecule has 0 aromatic carbocycles. The van der Waals surface area contributed by atoms with Crippen LogP contribution in [0.1, 0.15) is 12.6 Å². The van der Waals surface area contributed by atoms with Crippen molar-refractivity contribution in [2.75, 3.05) is 40.1 Å². The first-order chi connectivity index (χ1) is 9.24. The van der Waals surface area contributed by atoms with Gasteiger partial charge in [-0.05, 0) is 19.1 Å². The lowest BCUT2D eigenvalue weighted by Gasteiger charge is -2.11. The monoisotopic (exact) mass is 270 g/mol. The summed E-state index contributed by atoms with van der Waals surface area (Å²) in [7, 11) is 1.66. The highest BCUT2D eigenvalue weighted by Gasteiger charge is 2.03. The number of nitrogens with zero attached hydrogens (tertiary/aromatic N) is 1. The van der Waals surface area contributed by atoms with Crippen LogP contribution >= 0.6 is 0 Å². The van der Waals surface area contributed by atoms with Crippen molar-refractivity contribution in [3.8, 4) is 0 Å². The third-order valence-electron chi connectivity index (χ3n) is 2.73. The van der Waals surface area contributed by atoms with Gasteiger partial charge in [0.2, 0.25) is 0 Å². The summed E-state index contributed by atoms with van der Waals surface area (Å²) in [6.45, 7) is 6.04. The second kappa shape index (κ2) is 9.97. The van der Waals surface area contributed by atoms with Crippen molar-refractivity contribution < 1.29 is 14.2 Å². The van der Waals surface area contributed by atoms with Crippen LogP contribution in [0.2, 0.25) is 0 Å². The Hall–Kier alpha value is -0.880. The Morgan fingerprint density at radius 1 is 1.16 bits per heavy atom. The molecule has 2 N–H and O–H groups in total. The van der Waals surface area contributed by atoms with E-state index in [1.165, 1.54) is 5.69 Å². The molecular formula is C14H26N2O3. The zero-order valence-electron chi connectivity index (χ0n) is 12.0. The van der Waals surface area contributed by atoms with Crippen LogP contribution < -0.4 is 5.73 Å². The van der Waals surface area contributed by atoms with Crippen LogP contribution in [0.3, 0.4) is 0 Å². The third-order valence-corrected chi connectivity index (χ3v) is 2.73. The number of aromatic nitrogens is 1. The van der Waals surface area contributed by atoms with Crippen molar-refractivity contribution in [3.63, 3.8) is 0 Å². The highest BCUT2D eigenvalue weighted by Crippen LogP contribution is 2.04. The molecule has 5 heteroatoms. The molecule has 1 unspecified atom stereocenters. The minimum Gasteiger partial charge on any atom is -0.382 e. The van der Waals surface area contributed by atoms with E-state index in [-0.39, 0.29) is 6.04 Å². The molecule has 0 aliphatic carbocycles. The normalized spacial score (nSPS) is 12.8. The molecular weight excluding hydrogens is 244 g/mol. The van der Waals surface area contributed by atoms with Crippen molar-refractivity contribution in [2.45, 2.75) is 25.9 Å². The zero-order valence-corrected chi connectivity index (χ0v) is 12.0. The van der Waals surface area contributed by atoms with E-state index in [0.29, 0.717) is 33.0 Å². The number of methoxy groups -OCH3 is 1. The molecule has 0 saturated heterocycles. The van der Waals surface area contributed by atoms with Gasteiger partial charge in [-0.25, -0.2) is 0 Å². The van der Waals surface area contributed by atoms with E-state index < -0.39 is 0 Å².